The molecule has 2 aromatic heterocycles. The molecule has 0 spiro atoms. The van der Waals surface area contributed by atoms with Gasteiger partial charge in [0.1, 0.15) is 12.2 Å². The Morgan fingerprint density at radius 3 is 2.77 bits per heavy atom. The second kappa shape index (κ2) is 5.88. The molecule has 2 aromatic rings. The summed E-state index contributed by atoms with van der Waals surface area (Å²) in [5.41, 5.74) is 0. The molecule has 0 bridgehead atoms. The summed E-state index contributed by atoms with van der Waals surface area (Å²) in [5, 5.41) is 0. The lowest BCUT2D eigenvalue weighted by Crippen LogP contribution is -2.43. The molecule has 4 rings (SSSR count). The lowest BCUT2D eigenvalue weighted by atomic mass is 10.0. The van der Waals surface area contributed by atoms with E-state index in [4.69, 9.17) is 9.47 Å². The van der Waals surface area contributed by atoms with Gasteiger partial charge in [0.15, 0.2) is 0 Å². The number of aromatic nitrogens is 3. The Morgan fingerprint density at radius 2 is 1.95 bits per heavy atom. The number of anilines is 1. The minimum absolute atomic E-state index is 0.0413. The quantitative estimate of drug-likeness (QED) is 0.859. The van der Waals surface area contributed by atoms with Crippen molar-refractivity contribution >= 4 is 5.95 Å². The predicted octanol–water partition coefficient (Wildman–Crippen LogP) is 1.69. The van der Waals surface area contributed by atoms with E-state index in [1.54, 1.807) is 18.6 Å². The number of rotatable bonds is 3. The van der Waals surface area contributed by atoms with E-state index in [1.807, 2.05) is 24.3 Å². The average molecular weight is 298 g/mol. The zero-order chi connectivity index (χ0) is 14.8. The first-order chi connectivity index (χ1) is 10.9. The van der Waals surface area contributed by atoms with Crippen LogP contribution < -0.4 is 9.64 Å². The number of ether oxygens (including phenoxy) is 2. The van der Waals surface area contributed by atoms with E-state index < -0.39 is 0 Å². The van der Waals surface area contributed by atoms with Gasteiger partial charge >= 0.3 is 0 Å². The second-order valence-electron chi connectivity index (χ2n) is 5.57. The standard InChI is InChI=1S/C16H18N4O2/c1-2-7-17-14(6-1)22-13-11-20(16-18-8-4-9-19-16)12-5-3-10-21-15(12)13/h1-2,4,6-9,12-13,15H,3,5,10-11H2/t12-,13+,15+/m0/s1. The zero-order valence-corrected chi connectivity index (χ0v) is 12.2. The Kier molecular flexibility index (Phi) is 3.60. The molecule has 0 N–H and O–H groups in total. The summed E-state index contributed by atoms with van der Waals surface area (Å²) in [4.78, 5) is 15.2. The molecule has 4 heterocycles. The lowest BCUT2D eigenvalue weighted by molar-refractivity contribution is -0.0372. The van der Waals surface area contributed by atoms with E-state index in [2.05, 4.69) is 19.9 Å². The molecule has 0 radical (unpaired) electrons. The van der Waals surface area contributed by atoms with Crippen LogP contribution >= 0.6 is 0 Å². The Hall–Kier alpha value is -2.21. The van der Waals surface area contributed by atoms with Crippen LogP contribution in [0.25, 0.3) is 0 Å². The van der Waals surface area contributed by atoms with E-state index in [0.717, 1.165) is 31.9 Å². The third-order valence-electron chi connectivity index (χ3n) is 4.20. The van der Waals surface area contributed by atoms with Crippen LogP contribution in [0.5, 0.6) is 5.88 Å². The number of nitrogens with zero attached hydrogens (tertiary/aromatic N) is 4. The summed E-state index contributed by atoms with van der Waals surface area (Å²) in [6, 6.07) is 7.78. The van der Waals surface area contributed by atoms with E-state index >= 15 is 0 Å². The molecule has 22 heavy (non-hydrogen) atoms. The molecule has 2 saturated heterocycles. The minimum atomic E-state index is -0.0518. The maximum atomic E-state index is 6.06. The van der Waals surface area contributed by atoms with E-state index in [1.165, 1.54) is 0 Å². The summed E-state index contributed by atoms with van der Waals surface area (Å²) in [6.07, 6.45) is 7.40. The molecule has 2 aliphatic heterocycles. The summed E-state index contributed by atoms with van der Waals surface area (Å²) >= 11 is 0. The lowest BCUT2D eigenvalue weighted by Gasteiger charge is -2.31. The van der Waals surface area contributed by atoms with Crippen LogP contribution in [0, 0.1) is 0 Å². The van der Waals surface area contributed by atoms with Crippen LogP contribution in [0.1, 0.15) is 12.8 Å². The Morgan fingerprint density at radius 1 is 1.09 bits per heavy atom. The van der Waals surface area contributed by atoms with Crippen LogP contribution in [-0.2, 0) is 4.74 Å². The number of fused-ring (bicyclic) bond motifs is 1. The van der Waals surface area contributed by atoms with Crippen molar-refractivity contribution in [2.45, 2.75) is 31.1 Å². The highest BCUT2D eigenvalue weighted by Crippen LogP contribution is 2.32. The molecule has 2 fully saturated rings. The first-order valence-corrected chi connectivity index (χ1v) is 7.65. The van der Waals surface area contributed by atoms with Gasteiger partial charge < -0.3 is 14.4 Å². The van der Waals surface area contributed by atoms with Crippen molar-refractivity contribution < 1.29 is 9.47 Å². The third kappa shape index (κ3) is 2.50. The van der Waals surface area contributed by atoms with Crippen LogP contribution in [0.15, 0.2) is 42.9 Å². The van der Waals surface area contributed by atoms with E-state index in [9.17, 15) is 0 Å². The highest BCUT2D eigenvalue weighted by Gasteiger charge is 2.46. The Bertz CT molecular complexity index is 610. The fourth-order valence-corrected chi connectivity index (χ4v) is 3.25. The van der Waals surface area contributed by atoms with Crippen molar-refractivity contribution in [3.63, 3.8) is 0 Å². The first kappa shape index (κ1) is 13.5. The minimum Gasteiger partial charge on any atom is -0.470 e. The predicted molar refractivity (Wildman–Crippen MR) is 80.8 cm³/mol. The van der Waals surface area contributed by atoms with Gasteiger partial charge in [-0.05, 0) is 25.0 Å². The van der Waals surface area contributed by atoms with Crippen molar-refractivity contribution in [1.29, 1.82) is 0 Å². The molecular formula is C16H18N4O2. The first-order valence-electron chi connectivity index (χ1n) is 7.65. The molecule has 3 atom stereocenters. The third-order valence-corrected chi connectivity index (χ3v) is 4.20. The van der Waals surface area contributed by atoms with Crippen molar-refractivity contribution in [2.75, 3.05) is 18.1 Å². The number of pyridine rings is 1. The smallest absolute Gasteiger partial charge is 0.225 e. The molecule has 2 aliphatic rings. The molecule has 0 saturated carbocycles. The highest BCUT2D eigenvalue weighted by molar-refractivity contribution is 5.36. The van der Waals surface area contributed by atoms with Gasteiger partial charge in [0.05, 0.1) is 12.6 Å². The summed E-state index contributed by atoms with van der Waals surface area (Å²) in [5.74, 6) is 1.38. The SMILES string of the molecule is c1ccc(O[C@@H]2CN(c3ncccn3)[C@H]3CCCO[C@@H]23)nc1. The van der Waals surface area contributed by atoms with Crippen LogP contribution in [0.4, 0.5) is 5.95 Å². The van der Waals surface area contributed by atoms with Gasteiger partial charge in [-0.3, -0.25) is 0 Å². The molecule has 6 heteroatoms. The topological polar surface area (TPSA) is 60.4 Å². The highest BCUT2D eigenvalue weighted by atomic mass is 16.5. The maximum Gasteiger partial charge on any atom is 0.225 e. The molecule has 6 nitrogen and oxygen atoms in total. The van der Waals surface area contributed by atoms with Crippen LogP contribution in [0.2, 0.25) is 0 Å². The summed E-state index contributed by atoms with van der Waals surface area (Å²) < 4.78 is 12.1. The summed E-state index contributed by atoms with van der Waals surface area (Å²) in [7, 11) is 0. The van der Waals surface area contributed by atoms with Gasteiger partial charge in [-0.25, -0.2) is 15.0 Å². The molecule has 0 unspecified atom stereocenters. The van der Waals surface area contributed by atoms with Crippen molar-refractivity contribution in [3.05, 3.63) is 42.9 Å². The zero-order valence-electron chi connectivity index (χ0n) is 12.2. The van der Waals surface area contributed by atoms with Gasteiger partial charge in [-0.1, -0.05) is 6.07 Å². The van der Waals surface area contributed by atoms with Gasteiger partial charge in [-0.2, -0.15) is 0 Å². The van der Waals surface area contributed by atoms with Crippen molar-refractivity contribution in [1.82, 2.24) is 15.0 Å². The van der Waals surface area contributed by atoms with Crippen molar-refractivity contribution in [3.8, 4) is 5.88 Å². The van der Waals surface area contributed by atoms with Gasteiger partial charge in [0.2, 0.25) is 11.8 Å². The molecule has 0 amide bonds. The number of hydrogen-bond donors (Lipinski definition) is 0. The average Bonchev–Trinajstić information content (AvgIpc) is 2.96. The molecule has 114 valence electrons. The Labute approximate surface area is 129 Å². The van der Waals surface area contributed by atoms with Crippen LogP contribution in [-0.4, -0.2) is 46.4 Å². The van der Waals surface area contributed by atoms with E-state index in [0.29, 0.717) is 5.88 Å². The van der Waals surface area contributed by atoms with E-state index in [-0.39, 0.29) is 18.2 Å². The Balaban J connectivity index is 1.58. The second-order valence-corrected chi connectivity index (χ2v) is 5.57. The molecular weight excluding hydrogens is 280 g/mol. The van der Waals surface area contributed by atoms with Gasteiger partial charge in [0.25, 0.3) is 0 Å². The maximum absolute atomic E-state index is 6.06. The number of hydrogen-bond acceptors (Lipinski definition) is 6. The molecule has 0 aliphatic carbocycles. The normalized spacial score (nSPS) is 27.5. The fraction of sp³-hybridized carbons (Fsp3) is 0.438. The van der Waals surface area contributed by atoms with Crippen LogP contribution in [0.3, 0.4) is 0 Å². The largest absolute Gasteiger partial charge is 0.470 e. The fourth-order valence-electron chi connectivity index (χ4n) is 3.25. The van der Waals surface area contributed by atoms with Crippen molar-refractivity contribution in [2.24, 2.45) is 0 Å². The van der Waals surface area contributed by atoms with Gasteiger partial charge in [0, 0.05) is 31.3 Å². The van der Waals surface area contributed by atoms with Gasteiger partial charge in [-0.15, -0.1) is 0 Å². The monoisotopic (exact) mass is 298 g/mol. The molecule has 0 aromatic carbocycles. The summed E-state index contributed by atoms with van der Waals surface area (Å²) in [6.45, 7) is 1.50.